The van der Waals surface area contributed by atoms with E-state index in [0.29, 0.717) is 5.56 Å². The maximum atomic E-state index is 10.4. The molecule has 0 aliphatic heterocycles. The van der Waals surface area contributed by atoms with Gasteiger partial charge in [0.15, 0.2) is 0 Å². The molecular formula is C7H8ClN3O2. The minimum Gasteiger partial charge on any atom is -0.465 e. The average molecular weight is 202 g/mol. The van der Waals surface area contributed by atoms with Gasteiger partial charge in [0.2, 0.25) is 5.28 Å². The van der Waals surface area contributed by atoms with Gasteiger partial charge in [0.25, 0.3) is 0 Å². The topological polar surface area (TPSA) is 66.3 Å². The molecule has 1 aromatic heterocycles. The number of aromatic nitrogens is 2. The molecule has 0 bridgehead atoms. The summed E-state index contributed by atoms with van der Waals surface area (Å²) in [5, 5.41) is 8.71. The van der Waals surface area contributed by atoms with Gasteiger partial charge in [-0.2, -0.15) is 0 Å². The van der Waals surface area contributed by atoms with Crippen molar-refractivity contribution in [3.63, 3.8) is 0 Å². The van der Waals surface area contributed by atoms with Crippen LogP contribution in [0.15, 0.2) is 12.4 Å². The van der Waals surface area contributed by atoms with E-state index in [-0.39, 0.29) is 11.8 Å². The van der Waals surface area contributed by atoms with Gasteiger partial charge in [-0.25, -0.2) is 14.8 Å². The summed E-state index contributed by atoms with van der Waals surface area (Å²) in [5.41, 5.74) is 0.703. The van der Waals surface area contributed by atoms with Gasteiger partial charge in [-0.1, -0.05) is 0 Å². The predicted molar refractivity (Wildman–Crippen MR) is 46.5 cm³/mol. The first-order chi connectivity index (χ1) is 6.09. The van der Waals surface area contributed by atoms with E-state index in [0.717, 1.165) is 4.90 Å². The average Bonchev–Trinajstić information content (AvgIpc) is 2.08. The Hall–Kier alpha value is -1.36. The smallest absolute Gasteiger partial charge is 0.407 e. The largest absolute Gasteiger partial charge is 0.465 e. The fraction of sp³-hybridized carbons (Fsp3) is 0.286. The molecule has 0 aliphatic rings. The van der Waals surface area contributed by atoms with E-state index in [9.17, 15) is 4.79 Å². The van der Waals surface area contributed by atoms with Crippen molar-refractivity contribution < 1.29 is 9.90 Å². The minimum atomic E-state index is -0.991. The Morgan fingerprint density at radius 3 is 2.62 bits per heavy atom. The van der Waals surface area contributed by atoms with Crippen LogP contribution in [0.4, 0.5) is 4.79 Å². The zero-order valence-corrected chi connectivity index (χ0v) is 7.69. The van der Waals surface area contributed by atoms with Gasteiger partial charge in [-0.3, -0.25) is 0 Å². The highest BCUT2D eigenvalue weighted by Crippen LogP contribution is 2.03. The fourth-order valence-electron chi connectivity index (χ4n) is 0.762. The molecule has 5 nitrogen and oxygen atoms in total. The first-order valence-corrected chi connectivity index (χ1v) is 3.88. The van der Waals surface area contributed by atoms with Crippen molar-refractivity contribution in [1.82, 2.24) is 14.9 Å². The monoisotopic (exact) mass is 201 g/mol. The van der Waals surface area contributed by atoms with E-state index in [1.54, 1.807) is 0 Å². The van der Waals surface area contributed by atoms with E-state index in [1.165, 1.54) is 19.4 Å². The van der Waals surface area contributed by atoms with Crippen molar-refractivity contribution in [2.75, 3.05) is 7.05 Å². The Bertz CT molecular complexity index is 301. The number of hydrogen-bond acceptors (Lipinski definition) is 3. The highest BCUT2D eigenvalue weighted by Gasteiger charge is 2.06. The summed E-state index contributed by atoms with van der Waals surface area (Å²) in [6.45, 7) is 0.256. The molecule has 70 valence electrons. The number of halogens is 1. The van der Waals surface area contributed by atoms with Crippen LogP contribution in [0.3, 0.4) is 0 Å². The lowest BCUT2D eigenvalue weighted by atomic mass is 10.3. The standard InChI is InChI=1S/C7H8ClN3O2/c1-11(7(12)13)4-5-2-9-6(8)10-3-5/h2-3H,4H2,1H3,(H,12,13). The zero-order chi connectivity index (χ0) is 9.84. The first kappa shape index (κ1) is 9.73. The van der Waals surface area contributed by atoms with Crippen molar-refractivity contribution in [2.24, 2.45) is 0 Å². The van der Waals surface area contributed by atoms with Crippen LogP contribution in [0.2, 0.25) is 5.28 Å². The molecule has 13 heavy (non-hydrogen) atoms. The Kier molecular flexibility index (Phi) is 3.02. The molecule has 1 heterocycles. The molecule has 0 aromatic carbocycles. The summed E-state index contributed by atoms with van der Waals surface area (Å²) in [5.74, 6) is 0. The molecule has 0 unspecified atom stereocenters. The van der Waals surface area contributed by atoms with Crippen molar-refractivity contribution >= 4 is 17.7 Å². The van der Waals surface area contributed by atoms with Gasteiger partial charge in [0, 0.05) is 25.0 Å². The molecule has 0 aliphatic carbocycles. The van der Waals surface area contributed by atoms with Gasteiger partial charge < -0.3 is 10.0 Å². The van der Waals surface area contributed by atoms with E-state index in [1.807, 2.05) is 0 Å². The molecule has 1 N–H and O–H groups in total. The van der Waals surface area contributed by atoms with Crippen molar-refractivity contribution in [2.45, 2.75) is 6.54 Å². The fourth-order valence-corrected chi connectivity index (χ4v) is 0.860. The Balaban J connectivity index is 2.64. The predicted octanol–water partition coefficient (Wildman–Crippen LogP) is 1.24. The molecule has 0 fully saturated rings. The Morgan fingerprint density at radius 2 is 2.15 bits per heavy atom. The Labute approximate surface area is 80.0 Å². The lowest BCUT2D eigenvalue weighted by Crippen LogP contribution is -2.23. The van der Waals surface area contributed by atoms with E-state index >= 15 is 0 Å². The van der Waals surface area contributed by atoms with Gasteiger partial charge in [0.05, 0.1) is 6.54 Å². The highest BCUT2D eigenvalue weighted by atomic mass is 35.5. The van der Waals surface area contributed by atoms with Crippen LogP contribution < -0.4 is 0 Å². The van der Waals surface area contributed by atoms with E-state index < -0.39 is 6.09 Å². The number of carbonyl (C=O) groups is 1. The molecule has 6 heteroatoms. The molecule has 0 saturated carbocycles. The molecule has 0 atom stereocenters. The van der Waals surface area contributed by atoms with Gasteiger partial charge >= 0.3 is 6.09 Å². The SMILES string of the molecule is CN(Cc1cnc(Cl)nc1)C(=O)O. The summed E-state index contributed by atoms with van der Waals surface area (Å²) < 4.78 is 0. The van der Waals surface area contributed by atoms with Crippen LogP contribution in [0, 0.1) is 0 Å². The number of amides is 1. The van der Waals surface area contributed by atoms with Crippen LogP contribution in [0.5, 0.6) is 0 Å². The normalized spacial score (nSPS) is 9.69. The number of nitrogens with zero attached hydrogens (tertiary/aromatic N) is 3. The van der Waals surface area contributed by atoms with E-state index in [4.69, 9.17) is 16.7 Å². The van der Waals surface area contributed by atoms with Crippen LogP contribution >= 0.6 is 11.6 Å². The van der Waals surface area contributed by atoms with Crippen LogP contribution in [0.1, 0.15) is 5.56 Å². The number of hydrogen-bond donors (Lipinski definition) is 1. The first-order valence-electron chi connectivity index (χ1n) is 3.50. The summed E-state index contributed by atoms with van der Waals surface area (Å²) in [6.07, 6.45) is 2.00. The van der Waals surface area contributed by atoms with Crippen LogP contribution in [-0.2, 0) is 6.54 Å². The lowest BCUT2D eigenvalue weighted by molar-refractivity contribution is 0.153. The van der Waals surface area contributed by atoms with Crippen molar-refractivity contribution in [3.05, 3.63) is 23.2 Å². The third kappa shape index (κ3) is 2.87. The second-order valence-electron chi connectivity index (χ2n) is 2.50. The Morgan fingerprint density at radius 1 is 1.62 bits per heavy atom. The zero-order valence-electron chi connectivity index (χ0n) is 6.94. The third-order valence-electron chi connectivity index (χ3n) is 1.42. The van der Waals surface area contributed by atoms with Crippen LogP contribution in [0.25, 0.3) is 0 Å². The van der Waals surface area contributed by atoms with E-state index in [2.05, 4.69) is 9.97 Å². The highest BCUT2D eigenvalue weighted by molar-refractivity contribution is 6.28. The number of carboxylic acid groups (broad SMARTS) is 1. The molecule has 0 spiro atoms. The number of rotatable bonds is 2. The molecule has 1 aromatic rings. The molecule has 1 amide bonds. The van der Waals surface area contributed by atoms with Gasteiger partial charge in [0.1, 0.15) is 0 Å². The molecule has 0 radical (unpaired) electrons. The van der Waals surface area contributed by atoms with Gasteiger partial charge in [-0.05, 0) is 11.6 Å². The summed E-state index contributed by atoms with van der Waals surface area (Å²) in [4.78, 5) is 19.0. The van der Waals surface area contributed by atoms with Crippen molar-refractivity contribution in [1.29, 1.82) is 0 Å². The van der Waals surface area contributed by atoms with Crippen LogP contribution in [-0.4, -0.2) is 33.1 Å². The lowest BCUT2D eigenvalue weighted by Gasteiger charge is -2.11. The second kappa shape index (κ2) is 4.04. The molecular weight excluding hydrogens is 194 g/mol. The minimum absolute atomic E-state index is 0.154. The van der Waals surface area contributed by atoms with Gasteiger partial charge in [-0.15, -0.1) is 0 Å². The second-order valence-corrected chi connectivity index (χ2v) is 2.84. The summed E-state index contributed by atoms with van der Waals surface area (Å²) >= 11 is 5.46. The maximum absolute atomic E-state index is 10.4. The third-order valence-corrected chi connectivity index (χ3v) is 1.62. The molecule has 0 saturated heterocycles. The quantitative estimate of drug-likeness (QED) is 0.732. The summed E-state index contributed by atoms with van der Waals surface area (Å²) in [6, 6.07) is 0. The molecule has 1 rings (SSSR count). The van der Waals surface area contributed by atoms with Crippen molar-refractivity contribution in [3.8, 4) is 0 Å². The maximum Gasteiger partial charge on any atom is 0.407 e. The summed E-state index contributed by atoms with van der Waals surface area (Å²) in [7, 11) is 1.47.